The fraction of sp³-hybridized carbons (Fsp3) is 0.846. The molecule has 19 heavy (non-hydrogen) atoms. The van der Waals surface area contributed by atoms with Crippen molar-refractivity contribution >= 4 is 11.8 Å². The maximum absolute atomic E-state index is 11.8. The van der Waals surface area contributed by atoms with Crippen LogP contribution >= 0.6 is 0 Å². The van der Waals surface area contributed by atoms with Gasteiger partial charge in [0.2, 0.25) is 11.8 Å². The van der Waals surface area contributed by atoms with Gasteiger partial charge >= 0.3 is 0 Å². The topological polar surface area (TPSA) is 64.7 Å². The predicted octanol–water partition coefficient (Wildman–Crippen LogP) is -0.734. The van der Waals surface area contributed by atoms with Gasteiger partial charge in [0.25, 0.3) is 0 Å². The molecule has 2 N–H and O–H groups in total. The molecule has 0 atom stereocenters. The normalized spacial score (nSPS) is 16.7. The number of nitrogens with zero attached hydrogens (tertiary/aromatic N) is 2. The van der Waals surface area contributed by atoms with Crippen LogP contribution in [0.25, 0.3) is 0 Å². The average molecular weight is 270 g/mol. The highest BCUT2D eigenvalue weighted by Gasteiger charge is 2.14. The molecule has 0 bridgehead atoms. The molecule has 0 spiro atoms. The quantitative estimate of drug-likeness (QED) is 0.668. The fourth-order valence-corrected chi connectivity index (χ4v) is 2.18. The molecular formula is C13H26N4O2. The highest BCUT2D eigenvalue weighted by Crippen LogP contribution is 1.94. The molecule has 1 aliphatic heterocycles. The molecular weight excluding hydrogens is 244 g/mol. The Morgan fingerprint density at radius 3 is 2.63 bits per heavy atom. The summed E-state index contributed by atoms with van der Waals surface area (Å²) in [6.45, 7) is 9.48. The summed E-state index contributed by atoms with van der Waals surface area (Å²) in [5.41, 5.74) is 0. The first-order valence-electron chi connectivity index (χ1n) is 7.14. The van der Waals surface area contributed by atoms with E-state index in [4.69, 9.17) is 0 Å². The lowest BCUT2D eigenvalue weighted by Gasteiger charge is -2.21. The van der Waals surface area contributed by atoms with Gasteiger partial charge in [-0.15, -0.1) is 0 Å². The molecule has 1 saturated heterocycles. The van der Waals surface area contributed by atoms with Crippen LogP contribution in [0.2, 0.25) is 0 Å². The van der Waals surface area contributed by atoms with Crippen molar-refractivity contribution in [2.24, 2.45) is 0 Å². The van der Waals surface area contributed by atoms with Crippen LogP contribution in [0.5, 0.6) is 0 Å². The summed E-state index contributed by atoms with van der Waals surface area (Å²) in [5.74, 6) is -0.0849. The zero-order valence-electron chi connectivity index (χ0n) is 12.1. The summed E-state index contributed by atoms with van der Waals surface area (Å²) in [6, 6.07) is 0. The van der Waals surface area contributed by atoms with Crippen molar-refractivity contribution < 1.29 is 9.59 Å². The van der Waals surface area contributed by atoms with E-state index in [0.717, 1.165) is 32.6 Å². The van der Waals surface area contributed by atoms with Gasteiger partial charge in [-0.3, -0.25) is 14.5 Å². The number of rotatable bonds is 6. The van der Waals surface area contributed by atoms with Crippen LogP contribution in [-0.2, 0) is 9.59 Å². The van der Waals surface area contributed by atoms with E-state index in [0.29, 0.717) is 19.6 Å². The SMILES string of the molecule is CCN(CC)C(=O)CNC(=O)CN1CCCNCC1. The molecule has 0 saturated carbocycles. The van der Waals surface area contributed by atoms with E-state index in [1.807, 2.05) is 13.8 Å². The van der Waals surface area contributed by atoms with Gasteiger partial charge in [-0.25, -0.2) is 0 Å². The van der Waals surface area contributed by atoms with Crippen molar-refractivity contribution in [2.75, 3.05) is 52.4 Å². The first-order valence-corrected chi connectivity index (χ1v) is 7.14. The van der Waals surface area contributed by atoms with Crippen molar-refractivity contribution in [3.63, 3.8) is 0 Å². The molecule has 1 fully saturated rings. The van der Waals surface area contributed by atoms with Crippen LogP contribution in [0.15, 0.2) is 0 Å². The minimum Gasteiger partial charge on any atom is -0.346 e. The Labute approximate surface area is 115 Å². The molecule has 0 unspecified atom stereocenters. The van der Waals surface area contributed by atoms with Gasteiger partial charge in [0, 0.05) is 26.2 Å². The van der Waals surface area contributed by atoms with Crippen molar-refractivity contribution in [1.29, 1.82) is 0 Å². The first-order chi connectivity index (χ1) is 9.17. The van der Waals surface area contributed by atoms with Gasteiger partial charge in [-0.1, -0.05) is 0 Å². The summed E-state index contributed by atoms with van der Waals surface area (Å²) in [6.07, 6.45) is 1.06. The number of nitrogens with one attached hydrogen (secondary N) is 2. The molecule has 0 aromatic rings. The summed E-state index contributed by atoms with van der Waals surface area (Å²) in [4.78, 5) is 27.4. The lowest BCUT2D eigenvalue weighted by Crippen LogP contribution is -2.44. The Bertz CT molecular complexity index is 284. The number of amides is 2. The van der Waals surface area contributed by atoms with Gasteiger partial charge in [0.1, 0.15) is 0 Å². The van der Waals surface area contributed by atoms with E-state index in [1.165, 1.54) is 0 Å². The molecule has 6 heteroatoms. The van der Waals surface area contributed by atoms with Gasteiger partial charge in [-0.2, -0.15) is 0 Å². The molecule has 0 radical (unpaired) electrons. The molecule has 0 aliphatic carbocycles. The minimum atomic E-state index is -0.0672. The van der Waals surface area contributed by atoms with E-state index in [-0.39, 0.29) is 18.4 Å². The monoisotopic (exact) mass is 270 g/mol. The first kappa shape index (κ1) is 15.9. The average Bonchev–Trinajstić information content (AvgIpc) is 2.66. The number of hydrogen-bond donors (Lipinski definition) is 2. The summed E-state index contributed by atoms with van der Waals surface area (Å²) < 4.78 is 0. The van der Waals surface area contributed by atoms with E-state index in [1.54, 1.807) is 4.90 Å². The second kappa shape index (κ2) is 8.87. The molecule has 2 amide bonds. The third-order valence-electron chi connectivity index (χ3n) is 3.35. The van der Waals surface area contributed by atoms with Crippen molar-refractivity contribution in [2.45, 2.75) is 20.3 Å². The molecule has 1 aliphatic rings. The highest BCUT2D eigenvalue weighted by atomic mass is 16.2. The second-order valence-electron chi connectivity index (χ2n) is 4.72. The minimum absolute atomic E-state index is 0.0177. The van der Waals surface area contributed by atoms with E-state index in [9.17, 15) is 9.59 Å². The van der Waals surface area contributed by atoms with Crippen LogP contribution in [-0.4, -0.2) is 74.0 Å². The number of likely N-dealkylation sites (N-methyl/N-ethyl adjacent to an activating group) is 1. The van der Waals surface area contributed by atoms with Crippen molar-refractivity contribution in [3.05, 3.63) is 0 Å². The Kier molecular flexibility index (Phi) is 7.43. The molecule has 1 heterocycles. The Morgan fingerprint density at radius 1 is 1.21 bits per heavy atom. The van der Waals surface area contributed by atoms with E-state index >= 15 is 0 Å². The Morgan fingerprint density at radius 2 is 1.95 bits per heavy atom. The summed E-state index contributed by atoms with van der Waals surface area (Å²) in [5, 5.41) is 6.00. The van der Waals surface area contributed by atoms with Gasteiger partial charge in [-0.05, 0) is 33.4 Å². The molecule has 6 nitrogen and oxygen atoms in total. The summed E-state index contributed by atoms with van der Waals surface area (Å²) >= 11 is 0. The van der Waals surface area contributed by atoms with E-state index < -0.39 is 0 Å². The van der Waals surface area contributed by atoms with Crippen LogP contribution in [0.1, 0.15) is 20.3 Å². The van der Waals surface area contributed by atoms with Crippen molar-refractivity contribution in [3.8, 4) is 0 Å². The standard InChI is InChI=1S/C13H26N4O2/c1-3-17(4-2)13(19)10-15-12(18)11-16-8-5-6-14-7-9-16/h14H,3-11H2,1-2H3,(H,15,18). The van der Waals surface area contributed by atoms with Crippen LogP contribution < -0.4 is 10.6 Å². The van der Waals surface area contributed by atoms with Crippen LogP contribution in [0, 0.1) is 0 Å². The van der Waals surface area contributed by atoms with E-state index in [2.05, 4.69) is 15.5 Å². The van der Waals surface area contributed by atoms with Crippen LogP contribution in [0.4, 0.5) is 0 Å². The largest absolute Gasteiger partial charge is 0.346 e. The number of carbonyl (C=O) groups is 2. The third-order valence-corrected chi connectivity index (χ3v) is 3.35. The lowest BCUT2D eigenvalue weighted by atomic mass is 10.3. The Hall–Kier alpha value is -1.14. The maximum Gasteiger partial charge on any atom is 0.241 e. The molecule has 0 aromatic heterocycles. The van der Waals surface area contributed by atoms with Gasteiger partial charge < -0.3 is 15.5 Å². The highest BCUT2D eigenvalue weighted by molar-refractivity contribution is 5.85. The summed E-state index contributed by atoms with van der Waals surface area (Å²) in [7, 11) is 0. The fourth-order valence-electron chi connectivity index (χ4n) is 2.18. The van der Waals surface area contributed by atoms with Gasteiger partial charge in [0.05, 0.1) is 13.1 Å². The number of carbonyl (C=O) groups excluding carboxylic acids is 2. The number of hydrogen-bond acceptors (Lipinski definition) is 4. The zero-order valence-corrected chi connectivity index (χ0v) is 12.1. The smallest absolute Gasteiger partial charge is 0.241 e. The zero-order chi connectivity index (χ0) is 14.1. The van der Waals surface area contributed by atoms with Crippen molar-refractivity contribution in [1.82, 2.24) is 20.4 Å². The second-order valence-corrected chi connectivity index (χ2v) is 4.72. The molecule has 0 aromatic carbocycles. The molecule has 110 valence electrons. The predicted molar refractivity (Wildman–Crippen MR) is 74.9 cm³/mol. The van der Waals surface area contributed by atoms with Gasteiger partial charge in [0.15, 0.2) is 0 Å². The van der Waals surface area contributed by atoms with Crippen LogP contribution in [0.3, 0.4) is 0 Å². The maximum atomic E-state index is 11.8. The third kappa shape index (κ3) is 6.02. The lowest BCUT2D eigenvalue weighted by molar-refractivity contribution is -0.132. The molecule has 1 rings (SSSR count). The Balaban J connectivity index is 2.24.